The van der Waals surface area contributed by atoms with Gasteiger partial charge in [-0.15, -0.1) is 0 Å². The van der Waals surface area contributed by atoms with Crippen LogP contribution >= 0.6 is 0 Å². The van der Waals surface area contributed by atoms with Crippen molar-refractivity contribution in [2.45, 2.75) is 0 Å². The largest absolute Gasteiger partial charge is 0.456 e. The molecule has 0 bridgehead atoms. The molecule has 0 saturated carbocycles. The summed E-state index contributed by atoms with van der Waals surface area (Å²) in [5, 5.41) is 12.5. The van der Waals surface area contributed by atoms with Crippen LogP contribution in [0.1, 0.15) is 0 Å². The van der Waals surface area contributed by atoms with E-state index in [0.29, 0.717) is 0 Å². The third kappa shape index (κ3) is 3.30. The van der Waals surface area contributed by atoms with Crippen molar-refractivity contribution in [3.63, 3.8) is 0 Å². The molecule has 0 fully saturated rings. The van der Waals surface area contributed by atoms with Crippen LogP contribution in [-0.2, 0) is 0 Å². The highest BCUT2D eigenvalue weighted by molar-refractivity contribution is 6.22. The highest BCUT2D eigenvalue weighted by Gasteiger charge is 2.18. The highest BCUT2D eigenvalue weighted by atomic mass is 16.3. The van der Waals surface area contributed by atoms with Gasteiger partial charge >= 0.3 is 0 Å². The molecule has 1 aromatic heterocycles. The molecular formula is C40H24O. The van der Waals surface area contributed by atoms with Crippen LogP contribution in [0, 0.1) is 0 Å². The Morgan fingerprint density at radius 3 is 1.49 bits per heavy atom. The van der Waals surface area contributed by atoms with Gasteiger partial charge in [0.15, 0.2) is 0 Å². The lowest BCUT2D eigenvalue weighted by Gasteiger charge is -2.18. The zero-order valence-electron chi connectivity index (χ0n) is 22.3. The molecule has 0 saturated heterocycles. The molecule has 0 atom stereocenters. The number of hydrogen-bond acceptors (Lipinski definition) is 1. The van der Waals surface area contributed by atoms with E-state index in [-0.39, 0.29) is 0 Å². The molecule has 0 aliphatic carbocycles. The normalized spacial score (nSPS) is 11.9. The smallest absolute Gasteiger partial charge is 0.135 e. The number of benzene rings is 8. The van der Waals surface area contributed by atoms with Crippen LogP contribution in [-0.4, -0.2) is 0 Å². The Labute approximate surface area is 236 Å². The van der Waals surface area contributed by atoms with Crippen molar-refractivity contribution in [2.24, 2.45) is 0 Å². The molecule has 0 spiro atoms. The molecule has 1 nitrogen and oxygen atoms in total. The number of rotatable bonds is 2. The quantitative estimate of drug-likeness (QED) is 0.163. The first-order valence-corrected chi connectivity index (χ1v) is 14.1. The van der Waals surface area contributed by atoms with Crippen molar-refractivity contribution < 1.29 is 4.42 Å². The van der Waals surface area contributed by atoms with Gasteiger partial charge in [0.2, 0.25) is 0 Å². The van der Waals surface area contributed by atoms with Crippen molar-refractivity contribution >= 4 is 65.0 Å². The van der Waals surface area contributed by atoms with Gasteiger partial charge in [0.1, 0.15) is 11.2 Å². The summed E-state index contributed by atoms with van der Waals surface area (Å²) in [7, 11) is 0. The molecule has 9 aromatic rings. The summed E-state index contributed by atoms with van der Waals surface area (Å²) in [4.78, 5) is 0. The van der Waals surface area contributed by atoms with Gasteiger partial charge in [-0.3, -0.25) is 0 Å². The fraction of sp³-hybridized carbons (Fsp3) is 0. The summed E-state index contributed by atoms with van der Waals surface area (Å²) in [5.41, 5.74) is 6.83. The van der Waals surface area contributed by atoms with Gasteiger partial charge in [0, 0.05) is 10.8 Å². The SMILES string of the molecule is c1ccc2c(c1)ccc1cc(-c3c4ccccc4c(-c4ccc5oc6ccccc6c5c4)c4ccccc34)ccc12. The molecule has 0 N–H and O–H groups in total. The van der Waals surface area contributed by atoms with Crippen molar-refractivity contribution in [1.82, 2.24) is 0 Å². The fourth-order valence-electron chi connectivity index (χ4n) is 6.80. The zero-order chi connectivity index (χ0) is 26.9. The minimum atomic E-state index is 0.920. The summed E-state index contributed by atoms with van der Waals surface area (Å²) < 4.78 is 6.16. The first-order chi connectivity index (χ1) is 20.3. The molecule has 9 rings (SSSR count). The Morgan fingerprint density at radius 2 is 0.780 bits per heavy atom. The maximum Gasteiger partial charge on any atom is 0.135 e. The Kier molecular flexibility index (Phi) is 4.67. The van der Waals surface area contributed by atoms with Crippen molar-refractivity contribution in [3.8, 4) is 22.3 Å². The minimum Gasteiger partial charge on any atom is -0.456 e. The van der Waals surface area contributed by atoms with Gasteiger partial charge in [-0.25, -0.2) is 0 Å². The third-order valence-electron chi connectivity index (χ3n) is 8.63. The van der Waals surface area contributed by atoms with Gasteiger partial charge < -0.3 is 4.42 Å². The maximum atomic E-state index is 6.16. The number of fused-ring (bicyclic) bond motifs is 8. The molecule has 190 valence electrons. The monoisotopic (exact) mass is 520 g/mol. The molecule has 0 unspecified atom stereocenters. The summed E-state index contributed by atoms with van der Waals surface area (Å²) in [5.74, 6) is 0. The lowest BCUT2D eigenvalue weighted by Crippen LogP contribution is -1.91. The van der Waals surface area contributed by atoms with Gasteiger partial charge in [-0.1, -0.05) is 121 Å². The fourth-order valence-corrected chi connectivity index (χ4v) is 6.80. The van der Waals surface area contributed by atoms with Crippen LogP contribution in [0.25, 0.3) is 87.3 Å². The van der Waals surface area contributed by atoms with Crippen LogP contribution in [0.2, 0.25) is 0 Å². The summed E-state index contributed by atoms with van der Waals surface area (Å²) in [6.07, 6.45) is 0. The van der Waals surface area contributed by atoms with Crippen LogP contribution in [0.15, 0.2) is 150 Å². The maximum absolute atomic E-state index is 6.16. The van der Waals surface area contributed by atoms with Gasteiger partial charge in [-0.05, 0) is 89.6 Å². The second-order valence-electron chi connectivity index (χ2n) is 10.9. The van der Waals surface area contributed by atoms with E-state index in [0.717, 1.165) is 21.9 Å². The van der Waals surface area contributed by atoms with E-state index in [2.05, 4.69) is 133 Å². The molecule has 0 aliphatic rings. The molecule has 1 heterocycles. The van der Waals surface area contributed by atoms with E-state index in [1.54, 1.807) is 0 Å². The van der Waals surface area contributed by atoms with Crippen LogP contribution in [0.5, 0.6) is 0 Å². The highest BCUT2D eigenvalue weighted by Crippen LogP contribution is 2.45. The van der Waals surface area contributed by atoms with E-state index in [1.807, 2.05) is 12.1 Å². The first kappa shape index (κ1) is 22.4. The number of furan rings is 1. The predicted molar refractivity (Wildman–Crippen MR) is 175 cm³/mol. The van der Waals surface area contributed by atoms with E-state index >= 15 is 0 Å². The first-order valence-electron chi connectivity index (χ1n) is 14.1. The van der Waals surface area contributed by atoms with Crippen molar-refractivity contribution in [3.05, 3.63) is 146 Å². The van der Waals surface area contributed by atoms with Crippen LogP contribution < -0.4 is 0 Å². The summed E-state index contributed by atoms with van der Waals surface area (Å²) in [6, 6.07) is 52.7. The zero-order valence-corrected chi connectivity index (χ0v) is 22.3. The Balaban J connectivity index is 1.36. The van der Waals surface area contributed by atoms with Gasteiger partial charge in [0.25, 0.3) is 0 Å². The predicted octanol–water partition coefficient (Wildman–Crippen LogP) is 11.5. The second kappa shape index (κ2) is 8.55. The summed E-state index contributed by atoms with van der Waals surface area (Å²) in [6.45, 7) is 0. The van der Waals surface area contributed by atoms with E-state index in [9.17, 15) is 0 Å². The lowest BCUT2D eigenvalue weighted by atomic mass is 9.85. The molecule has 1 heteroatoms. The van der Waals surface area contributed by atoms with E-state index in [1.165, 1.54) is 65.3 Å². The molecule has 41 heavy (non-hydrogen) atoms. The standard InChI is InChI=1S/C40H24O/c1-2-10-29-25(9-1)17-18-26-23-27(19-21-30(26)29)39-32-12-3-5-14-34(32)40(35-15-6-4-13-33(35)39)28-20-22-38-36(24-28)31-11-7-8-16-37(31)41-38/h1-24H. The van der Waals surface area contributed by atoms with E-state index in [4.69, 9.17) is 4.42 Å². The Bertz CT molecular complexity index is 2420. The average Bonchev–Trinajstić information content (AvgIpc) is 3.41. The summed E-state index contributed by atoms with van der Waals surface area (Å²) >= 11 is 0. The second-order valence-corrected chi connectivity index (χ2v) is 10.9. The van der Waals surface area contributed by atoms with Crippen LogP contribution in [0.4, 0.5) is 0 Å². The number of para-hydroxylation sites is 1. The van der Waals surface area contributed by atoms with E-state index < -0.39 is 0 Å². The van der Waals surface area contributed by atoms with Gasteiger partial charge in [0.05, 0.1) is 0 Å². The molecule has 8 aromatic carbocycles. The Hall–Kier alpha value is -5.40. The van der Waals surface area contributed by atoms with Crippen LogP contribution in [0.3, 0.4) is 0 Å². The third-order valence-corrected chi connectivity index (χ3v) is 8.63. The molecule has 0 radical (unpaired) electrons. The number of hydrogen-bond donors (Lipinski definition) is 0. The topological polar surface area (TPSA) is 13.1 Å². The molecule has 0 aliphatic heterocycles. The molecule has 0 amide bonds. The Morgan fingerprint density at radius 1 is 0.293 bits per heavy atom. The van der Waals surface area contributed by atoms with Crippen molar-refractivity contribution in [1.29, 1.82) is 0 Å². The van der Waals surface area contributed by atoms with Crippen molar-refractivity contribution in [2.75, 3.05) is 0 Å². The molecular weight excluding hydrogens is 496 g/mol. The average molecular weight is 521 g/mol. The lowest BCUT2D eigenvalue weighted by molar-refractivity contribution is 0.669. The van der Waals surface area contributed by atoms with Gasteiger partial charge in [-0.2, -0.15) is 0 Å². The minimum absolute atomic E-state index is 0.920.